The van der Waals surface area contributed by atoms with Crippen LogP contribution >= 0.6 is 0 Å². The number of imidazole rings is 1. The van der Waals surface area contributed by atoms with Crippen LogP contribution in [0, 0.1) is 12.8 Å². The number of aromatic nitrogens is 5. The van der Waals surface area contributed by atoms with Crippen LogP contribution in [0.1, 0.15) is 36.8 Å². The lowest BCUT2D eigenvalue weighted by Crippen LogP contribution is -2.46. The first kappa shape index (κ1) is 26.4. The van der Waals surface area contributed by atoms with Crippen LogP contribution in [0.3, 0.4) is 0 Å². The summed E-state index contributed by atoms with van der Waals surface area (Å²) in [6.45, 7) is 2.62. The first-order valence-corrected chi connectivity index (χ1v) is 14.0. The minimum atomic E-state index is -0.509. The minimum Gasteiger partial charge on any atom is -0.353 e. The van der Waals surface area contributed by atoms with Crippen molar-refractivity contribution in [2.75, 3.05) is 24.5 Å². The topological polar surface area (TPSA) is 127 Å². The smallest absolute Gasteiger partial charge is 0.284 e. The number of imide groups is 1. The van der Waals surface area contributed by atoms with Gasteiger partial charge < -0.3 is 10.2 Å². The zero-order chi connectivity index (χ0) is 29.8. The second-order valence-electron chi connectivity index (χ2n) is 10.9. The number of hydrogen-bond donors (Lipinski definition) is 1. The van der Waals surface area contributed by atoms with Gasteiger partial charge in [-0.1, -0.05) is 30.3 Å². The Bertz CT molecular complexity index is 1940. The molecule has 2 aliphatic rings. The molecule has 5 heterocycles. The quantitative estimate of drug-likeness (QED) is 0.307. The summed E-state index contributed by atoms with van der Waals surface area (Å²) >= 11 is 0. The van der Waals surface area contributed by atoms with E-state index in [0.717, 1.165) is 0 Å². The maximum Gasteiger partial charge on any atom is 0.284 e. The van der Waals surface area contributed by atoms with Crippen molar-refractivity contribution in [3.8, 4) is 5.69 Å². The van der Waals surface area contributed by atoms with Crippen LogP contribution in [-0.4, -0.2) is 72.3 Å². The minimum absolute atomic E-state index is 0.0437. The Labute approximate surface area is 245 Å². The highest BCUT2D eigenvalue weighted by atomic mass is 16.2. The molecule has 12 nitrogen and oxygen atoms in total. The number of amides is 3. The average Bonchev–Trinajstić information content (AvgIpc) is 3.75. The van der Waals surface area contributed by atoms with Gasteiger partial charge in [0.05, 0.1) is 28.6 Å². The lowest BCUT2D eigenvalue weighted by molar-refractivity contribution is 0.0627. The molecule has 1 fully saturated rings. The molecule has 43 heavy (non-hydrogen) atoms. The van der Waals surface area contributed by atoms with Gasteiger partial charge in [-0.2, -0.15) is 0 Å². The maximum atomic E-state index is 13.8. The van der Waals surface area contributed by atoms with Gasteiger partial charge >= 0.3 is 0 Å². The molecule has 3 amide bonds. The van der Waals surface area contributed by atoms with Gasteiger partial charge in [-0.15, -0.1) is 5.10 Å². The number of nitrogens with zero attached hydrogens (tertiary/aromatic N) is 7. The SMILES string of the molecule is Cc1c(C(=O)NC2CN(c3ccc4nccn4n3)CC2CN2C(=O)c3ccccc3C2=O)c(=O)n(-c2ccccc2)n1C. The number of para-hydroxylation sites is 1. The fraction of sp³-hybridized carbons (Fsp3) is 0.226. The molecule has 2 aliphatic heterocycles. The van der Waals surface area contributed by atoms with Crippen molar-refractivity contribution in [1.29, 1.82) is 0 Å². The Kier molecular flexibility index (Phi) is 6.19. The highest BCUT2D eigenvalue weighted by Crippen LogP contribution is 2.28. The summed E-state index contributed by atoms with van der Waals surface area (Å²) in [4.78, 5) is 61.3. The van der Waals surface area contributed by atoms with Crippen LogP contribution in [0.15, 0.2) is 83.9 Å². The molecule has 216 valence electrons. The number of benzene rings is 2. The highest BCUT2D eigenvalue weighted by Gasteiger charge is 2.42. The van der Waals surface area contributed by atoms with Gasteiger partial charge in [0.2, 0.25) is 0 Å². The van der Waals surface area contributed by atoms with Crippen molar-refractivity contribution >= 4 is 29.2 Å². The molecule has 0 saturated carbocycles. The largest absolute Gasteiger partial charge is 0.353 e. The summed E-state index contributed by atoms with van der Waals surface area (Å²) < 4.78 is 4.79. The summed E-state index contributed by atoms with van der Waals surface area (Å²) in [5, 5.41) is 7.73. The molecule has 0 aliphatic carbocycles. The Balaban J connectivity index is 1.20. The molecule has 1 saturated heterocycles. The normalized spacial score (nSPS) is 18.1. The molecule has 2 unspecified atom stereocenters. The fourth-order valence-electron chi connectivity index (χ4n) is 6.09. The van der Waals surface area contributed by atoms with Gasteiger partial charge in [-0.25, -0.2) is 14.2 Å². The lowest BCUT2D eigenvalue weighted by atomic mass is 10.0. The number of hydrogen-bond acceptors (Lipinski definition) is 7. The van der Waals surface area contributed by atoms with E-state index in [1.165, 1.54) is 9.58 Å². The molecule has 0 bridgehead atoms. The monoisotopic (exact) mass is 576 g/mol. The molecule has 0 spiro atoms. The summed E-state index contributed by atoms with van der Waals surface area (Å²) in [6.07, 6.45) is 3.41. The third kappa shape index (κ3) is 4.30. The summed E-state index contributed by atoms with van der Waals surface area (Å²) in [5.41, 5.74) is 2.22. The van der Waals surface area contributed by atoms with Crippen LogP contribution in [0.4, 0.5) is 5.82 Å². The number of rotatable bonds is 6. The Morgan fingerprint density at radius 3 is 2.35 bits per heavy atom. The summed E-state index contributed by atoms with van der Waals surface area (Å²) in [6, 6.07) is 19.1. The van der Waals surface area contributed by atoms with Crippen molar-refractivity contribution in [3.05, 3.63) is 112 Å². The first-order chi connectivity index (χ1) is 20.8. The standard InChI is InChI=1S/C31H28N8O4/c1-19-27(31(43)39(35(19)2)21-8-4-3-5-9-21)28(40)33-24-18-36(26-13-12-25-32-14-15-38(25)34-26)16-20(24)17-37-29(41)22-10-6-7-11-23(22)30(37)42/h3-15,20,24H,16-18H2,1-2H3,(H,33,40). The maximum absolute atomic E-state index is 13.8. The van der Waals surface area contributed by atoms with E-state index in [-0.39, 0.29) is 29.8 Å². The van der Waals surface area contributed by atoms with Crippen molar-refractivity contribution in [3.63, 3.8) is 0 Å². The number of fused-ring (bicyclic) bond motifs is 2. The van der Waals surface area contributed by atoms with Crippen LogP contribution in [0.2, 0.25) is 0 Å². The number of nitrogens with one attached hydrogen (secondary N) is 1. The third-order valence-corrected chi connectivity index (χ3v) is 8.40. The molecule has 3 aromatic heterocycles. The van der Waals surface area contributed by atoms with Gasteiger partial charge in [-0.05, 0) is 43.3 Å². The highest BCUT2D eigenvalue weighted by molar-refractivity contribution is 6.21. The van der Waals surface area contributed by atoms with E-state index in [0.29, 0.717) is 47.1 Å². The van der Waals surface area contributed by atoms with Crippen molar-refractivity contribution in [2.45, 2.75) is 13.0 Å². The first-order valence-electron chi connectivity index (χ1n) is 14.0. The van der Waals surface area contributed by atoms with E-state index in [1.54, 1.807) is 72.0 Å². The number of carbonyl (C=O) groups excluding carboxylic acids is 3. The van der Waals surface area contributed by atoms with Gasteiger partial charge in [0, 0.05) is 45.0 Å². The second kappa shape index (κ2) is 10.1. The van der Waals surface area contributed by atoms with E-state index in [9.17, 15) is 19.2 Å². The van der Waals surface area contributed by atoms with Gasteiger partial charge in [-0.3, -0.25) is 28.8 Å². The van der Waals surface area contributed by atoms with E-state index in [1.807, 2.05) is 35.2 Å². The van der Waals surface area contributed by atoms with Crippen LogP contribution < -0.4 is 15.8 Å². The second-order valence-corrected chi connectivity index (χ2v) is 10.9. The van der Waals surface area contributed by atoms with E-state index < -0.39 is 17.5 Å². The number of anilines is 1. The molecule has 2 aromatic carbocycles. The van der Waals surface area contributed by atoms with Crippen LogP contribution in [0.25, 0.3) is 11.3 Å². The Morgan fingerprint density at radius 2 is 1.63 bits per heavy atom. The lowest BCUT2D eigenvalue weighted by Gasteiger charge is -2.23. The molecule has 5 aromatic rings. The molecular weight excluding hydrogens is 548 g/mol. The van der Waals surface area contributed by atoms with Crippen LogP contribution in [-0.2, 0) is 7.05 Å². The molecule has 1 N–H and O–H groups in total. The third-order valence-electron chi connectivity index (χ3n) is 8.40. The zero-order valence-corrected chi connectivity index (χ0v) is 23.5. The summed E-state index contributed by atoms with van der Waals surface area (Å²) in [7, 11) is 1.74. The fourth-order valence-corrected chi connectivity index (χ4v) is 6.09. The molecule has 12 heteroatoms. The van der Waals surface area contributed by atoms with Crippen molar-refractivity contribution in [1.82, 2.24) is 34.2 Å². The van der Waals surface area contributed by atoms with Gasteiger partial charge in [0.1, 0.15) is 11.4 Å². The van der Waals surface area contributed by atoms with E-state index in [4.69, 9.17) is 0 Å². The van der Waals surface area contributed by atoms with E-state index >= 15 is 0 Å². The van der Waals surface area contributed by atoms with Crippen molar-refractivity contribution < 1.29 is 14.4 Å². The molecule has 2 atom stereocenters. The van der Waals surface area contributed by atoms with Crippen molar-refractivity contribution in [2.24, 2.45) is 13.0 Å². The molecular formula is C31H28N8O4. The van der Waals surface area contributed by atoms with Gasteiger partial charge in [0.25, 0.3) is 23.3 Å². The Morgan fingerprint density at radius 1 is 0.930 bits per heavy atom. The zero-order valence-electron chi connectivity index (χ0n) is 23.5. The Hall–Kier alpha value is -5.52. The molecule has 7 rings (SSSR count). The molecule has 0 radical (unpaired) electrons. The van der Waals surface area contributed by atoms with Crippen LogP contribution in [0.5, 0.6) is 0 Å². The van der Waals surface area contributed by atoms with E-state index in [2.05, 4.69) is 15.4 Å². The average molecular weight is 577 g/mol. The van der Waals surface area contributed by atoms with Gasteiger partial charge in [0.15, 0.2) is 5.65 Å². The predicted molar refractivity (Wildman–Crippen MR) is 158 cm³/mol. The predicted octanol–water partition coefficient (Wildman–Crippen LogP) is 2.06. The number of carbonyl (C=O) groups is 3. The summed E-state index contributed by atoms with van der Waals surface area (Å²) in [5.74, 6) is -0.882.